The zero-order valence-electron chi connectivity index (χ0n) is 15.2. The standard InChI is InChI=1S/C18H24N4O2S/c1-5-7-22-12(2)14(10-19-22)17(23)21-8-6-15-13(11-21)9-16(25-15)18(24)20(3)4/h9-10H,5-8,11H2,1-4H3. The predicted molar refractivity (Wildman–Crippen MR) is 98.0 cm³/mol. The van der Waals surface area contributed by atoms with E-state index in [9.17, 15) is 9.59 Å². The average Bonchev–Trinajstić information content (AvgIpc) is 3.17. The monoisotopic (exact) mass is 360 g/mol. The Kier molecular flexibility index (Phi) is 4.94. The van der Waals surface area contributed by atoms with Crippen molar-refractivity contribution >= 4 is 23.2 Å². The van der Waals surface area contributed by atoms with Crippen molar-refractivity contribution in [2.75, 3.05) is 20.6 Å². The minimum absolute atomic E-state index is 0.0222. The fraction of sp³-hybridized carbons (Fsp3) is 0.500. The summed E-state index contributed by atoms with van der Waals surface area (Å²) in [7, 11) is 3.52. The van der Waals surface area contributed by atoms with Gasteiger partial charge in [-0.15, -0.1) is 11.3 Å². The first kappa shape index (κ1) is 17.7. The molecule has 1 aliphatic heterocycles. The topological polar surface area (TPSA) is 58.4 Å². The first-order valence-corrected chi connectivity index (χ1v) is 9.39. The molecule has 0 atom stereocenters. The van der Waals surface area contributed by atoms with Crippen molar-refractivity contribution in [2.24, 2.45) is 0 Å². The van der Waals surface area contributed by atoms with Crippen molar-refractivity contribution in [2.45, 2.75) is 39.8 Å². The summed E-state index contributed by atoms with van der Waals surface area (Å²) < 4.78 is 1.89. The van der Waals surface area contributed by atoms with E-state index in [4.69, 9.17) is 0 Å². The summed E-state index contributed by atoms with van der Waals surface area (Å²) in [4.78, 5) is 30.5. The van der Waals surface area contributed by atoms with Gasteiger partial charge in [0, 0.05) is 44.3 Å². The highest BCUT2D eigenvalue weighted by Gasteiger charge is 2.27. The molecule has 0 fully saturated rings. The molecule has 2 aromatic heterocycles. The summed E-state index contributed by atoms with van der Waals surface area (Å²) in [5, 5.41) is 4.33. The maximum Gasteiger partial charge on any atom is 0.263 e. The number of fused-ring (bicyclic) bond motifs is 1. The van der Waals surface area contributed by atoms with Gasteiger partial charge in [0.15, 0.2) is 0 Å². The Balaban J connectivity index is 1.78. The number of thiophene rings is 1. The second-order valence-electron chi connectivity index (χ2n) is 6.60. The second-order valence-corrected chi connectivity index (χ2v) is 7.74. The molecule has 0 N–H and O–H groups in total. The minimum atomic E-state index is 0.0222. The van der Waals surface area contributed by atoms with E-state index >= 15 is 0 Å². The zero-order valence-corrected chi connectivity index (χ0v) is 16.0. The van der Waals surface area contributed by atoms with E-state index < -0.39 is 0 Å². The molecule has 0 radical (unpaired) electrons. The van der Waals surface area contributed by atoms with Crippen LogP contribution < -0.4 is 0 Å². The van der Waals surface area contributed by atoms with Crippen LogP contribution in [0.25, 0.3) is 0 Å². The normalized spacial score (nSPS) is 13.7. The number of amides is 2. The summed E-state index contributed by atoms with van der Waals surface area (Å²) in [5.74, 6) is 0.0474. The van der Waals surface area contributed by atoms with Crippen LogP contribution in [0.5, 0.6) is 0 Å². The van der Waals surface area contributed by atoms with Crippen LogP contribution in [0.4, 0.5) is 0 Å². The second kappa shape index (κ2) is 7.00. The van der Waals surface area contributed by atoms with Gasteiger partial charge in [-0.2, -0.15) is 5.10 Å². The van der Waals surface area contributed by atoms with Gasteiger partial charge in [-0.3, -0.25) is 14.3 Å². The molecule has 0 bridgehead atoms. The molecule has 0 spiro atoms. The minimum Gasteiger partial charge on any atom is -0.344 e. The number of carbonyl (C=O) groups excluding carboxylic acids is 2. The third kappa shape index (κ3) is 3.33. The molecule has 3 rings (SSSR count). The quantitative estimate of drug-likeness (QED) is 0.842. The number of carbonyl (C=O) groups is 2. The molecule has 0 saturated carbocycles. The molecular formula is C18H24N4O2S. The third-order valence-electron chi connectivity index (χ3n) is 4.54. The molecule has 0 aromatic carbocycles. The molecule has 2 aromatic rings. The van der Waals surface area contributed by atoms with Gasteiger partial charge in [0.05, 0.1) is 16.6 Å². The first-order chi connectivity index (χ1) is 11.9. The SMILES string of the molecule is CCCn1ncc(C(=O)N2CCc3sc(C(=O)N(C)C)cc3C2)c1C. The van der Waals surface area contributed by atoms with Gasteiger partial charge in [-0.05, 0) is 31.4 Å². The third-order valence-corrected chi connectivity index (χ3v) is 5.76. The molecular weight excluding hydrogens is 336 g/mol. The van der Waals surface area contributed by atoms with Crippen LogP contribution in [-0.4, -0.2) is 52.0 Å². The average molecular weight is 360 g/mol. The first-order valence-electron chi connectivity index (χ1n) is 8.57. The summed E-state index contributed by atoms with van der Waals surface area (Å²) >= 11 is 1.55. The van der Waals surface area contributed by atoms with Crippen molar-refractivity contribution in [3.63, 3.8) is 0 Å². The highest BCUT2D eigenvalue weighted by molar-refractivity contribution is 7.14. The fourth-order valence-corrected chi connectivity index (χ4v) is 4.28. The van der Waals surface area contributed by atoms with Crippen molar-refractivity contribution in [1.82, 2.24) is 19.6 Å². The van der Waals surface area contributed by atoms with Crippen LogP contribution in [-0.2, 0) is 19.5 Å². The Morgan fingerprint density at radius 1 is 1.36 bits per heavy atom. The Morgan fingerprint density at radius 3 is 2.80 bits per heavy atom. The highest BCUT2D eigenvalue weighted by atomic mass is 32.1. The molecule has 0 saturated heterocycles. The van der Waals surface area contributed by atoms with E-state index in [0.717, 1.165) is 35.5 Å². The smallest absolute Gasteiger partial charge is 0.263 e. The van der Waals surface area contributed by atoms with Crippen LogP contribution in [0.15, 0.2) is 12.3 Å². The number of nitrogens with zero attached hydrogens (tertiary/aromatic N) is 4. The van der Waals surface area contributed by atoms with Crippen LogP contribution in [0.1, 0.15) is 49.5 Å². The molecule has 2 amide bonds. The molecule has 7 heteroatoms. The van der Waals surface area contributed by atoms with E-state index in [1.807, 2.05) is 22.6 Å². The largest absolute Gasteiger partial charge is 0.344 e. The maximum atomic E-state index is 12.9. The van der Waals surface area contributed by atoms with E-state index in [1.54, 1.807) is 36.5 Å². The number of aryl methyl sites for hydroxylation is 1. The number of hydrogen-bond acceptors (Lipinski definition) is 4. The van der Waals surface area contributed by atoms with Crippen LogP contribution in [0, 0.1) is 6.92 Å². The van der Waals surface area contributed by atoms with E-state index in [1.165, 1.54) is 4.88 Å². The lowest BCUT2D eigenvalue weighted by molar-refractivity contribution is 0.0735. The summed E-state index contributed by atoms with van der Waals surface area (Å²) in [5.41, 5.74) is 2.69. The van der Waals surface area contributed by atoms with Crippen LogP contribution in [0.3, 0.4) is 0 Å². The van der Waals surface area contributed by atoms with Crippen LogP contribution >= 0.6 is 11.3 Å². The van der Waals surface area contributed by atoms with Crippen LogP contribution in [0.2, 0.25) is 0 Å². The summed E-state index contributed by atoms with van der Waals surface area (Å²) in [6.07, 6.45) is 3.47. The van der Waals surface area contributed by atoms with Crippen molar-refractivity contribution in [1.29, 1.82) is 0 Å². The number of aromatic nitrogens is 2. The van der Waals surface area contributed by atoms with Gasteiger partial charge < -0.3 is 9.80 Å². The maximum absolute atomic E-state index is 12.9. The van der Waals surface area contributed by atoms with E-state index in [0.29, 0.717) is 18.7 Å². The van der Waals surface area contributed by atoms with Gasteiger partial charge in [0.1, 0.15) is 0 Å². The highest BCUT2D eigenvalue weighted by Crippen LogP contribution is 2.29. The van der Waals surface area contributed by atoms with Gasteiger partial charge in [-0.1, -0.05) is 6.92 Å². The van der Waals surface area contributed by atoms with Crippen molar-refractivity contribution in [3.05, 3.63) is 38.8 Å². The Labute approximate surface area is 152 Å². The van der Waals surface area contributed by atoms with Gasteiger partial charge in [-0.25, -0.2) is 0 Å². The van der Waals surface area contributed by atoms with E-state index in [-0.39, 0.29) is 11.8 Å². The molecule has 134 valence electrons. The van der Waals surface area contributed by atoms with Gasteiger partial charge in [0.25, 0.3) is 11.8 Å². The molecule has 25 heavy (non-hydrogen) atoms. The molecule has 0 unspecified atom stereocenters. The number of rotatable bonds is 4. The zero-order chi connectivity index (χ0) is 18.1. The van der Waals surface area contributed by atoms with Gasteiger partial charge >= 0.3 is 0 Å². The van der Waals surface area contributed by atoms with Crippen molar-refractivity contribution in [3.8, 4) is 0 Å². The summed E-state index contributed by atoms with van der Waals surface area (Å²) in [6.45, 7) is 6.11. The lowest BCUT2D eigenvalue weighted by Crippen LogP contribution is -2.35. The number of hydrogen-bond donors (Lipinski definition) is 0. The lowest BCUT2D eigenvalue weighted by atomic mass is 10.1. The summed E-state index contributed by atoms with van der Waals surface area (Å²) in [6, 6.07) is 1.94. The molecule has 0 aliphatic carbocycles. The Hall–Kier alpha value is -2.15. The van der Waals surface area contributed by atoms with E-state index in [2.05, 4.69) is 12.0 Å². The fourth-order valence-electron chi connectivity index (χ4n) is 3.10. The predicted octanol–water partition coefficient (Wildman–Crippen LogP) is 2.56. The molecule has 1 aliphatic rings. The Morgan fingerprint density at radius 2 is 2.12 bits per heavy atom. The van der Waals surface area contributed by atoms with Crippen molar-refractivity contribution < 1.29 is 9.59 Å². The van der Waals surface area contributed by atoms with Gasteiger partial charge in [0.2, 0.25) is 0 Å². The molecule has 6 nitrogen and oxygen atoms in total. The molecule has 3 heterocycles. The lowest BCUT2D eigenvalue weighted by Gasteiger charge is -2.26. The Bertz CT molecular complexity index is 806.